The molecule has 0 radical (unpaired) electrons. The molecular formula is C13H14BrN3O2S. The van der Waals surface area contributed by atoms with Crippen LogP contribution in [0.15, 0.2) is 39.8 Å². The highest BCUT2D eigenvalue weighted by atomic mass is 79.9. The maximum atomic E-state index is 12.4. The Kier molecular flexibility index (Phi) is 4.01. The summed E-state index contributed by atoms with van der Waals surface area (Å²) in [6.45, 7) is 3.45. The lowest BCUT2D eigenvalue weighted by atomic mass is 10.2. The molecule has 0 aliphatic heterocycles. The van der Waals surface area contributed by atoms with Crippen LogP contribution in [-0.4, -0.2) is 13.4 Å². The Labute approximate surface area is 126 Å². The number of hydrogen-bond acceptors (Lipinski definition) is 4. The molecule has 1 aromatic heterocycles. The van der Waals surface area contributed by atoms with E-state index in [1.807, 2.05) is 0 Å². The second-order valence-electron chi connectivity index (χ2n) is 4.39. The quantitative estimate of drug-likeness (QED) is 0.829. The van der Waals surface area contributed by atoms with Gasteiger partial charge in [0.15, 0.2) is 0 Å². The van der Waals surface area contributed by atoms with Crippen molar-refractivity contribution in [3.8, 4) is 0 Å². The van der Waals surface area contributed by atoms with Gasteiger partial charge in [-0.3, -0.25) is 4.72 Å². The van der Waals surface area contributed by atoms with Crippen LogP contribution in [0.4, 0.5) is 11.5 Å². The molecule has 1 heterocycles. The number of pyridine rings is 1. The number of rotatable bonds is 3. The SMILES string of the molecule is Cc1cc(Br)cnc1NS(=O)(=O)c1cccc(N)c1C. The second kappa shape index (κ2) is 5.41. The maximum Gasteiger partial charge on any atom is 0.263 e. The molecule has 1 aromatic carbocycles. The molecule has 0 saturated heterocycles. The molecule has 0 saturated carbocycles. The fourth-order valence-electron chi connectivity index (χ4n) is 1.75. The van der Waals surface area contributed by atoms with Gasteiger partial charge in [0.1, 0.15) is 5.82 Å². The molecule has 0 spiro atoms. The van der Waals surface area contributed by atoms with Crippen LogP contribution in [0.2, 0.25) is 0 Å². The van der Waals surface area contributed by atoms with E-state index in [-0.39, 0.29) is 4.90 Å². The normalized spacial score (nSPS) is 11.3. The van der Waals surface area contributed by atoms with Crippen LogP contribution in [0.1, 0.15) is 11.1 Å². The van der Waals surface area contributed by atoms with E-state index in [1.54, 1.807) is 32.0 Å². The first-order valence-corrected chi connectivity index (χ1v) is 8.09. The molecule has 0 atom stereocenters. The molecule has 0 fully saturated rings. The van der Waals surface area contributed by atoms with Gasteiger partial charge in [-0.2, -0.15) is 0 Å². The molecule has 20 heavy (non-hydrogen) atoms. The van der Waals surface area contributed by atoms with Gasteiger partial charge in [-0.1, -0.05) is 6.07 Å². The topological polar surface area (TPSA) is 85.1 Å². The van der Waals surface area contributed by atoms with Gasteiger partial charge >= 0.3 is 0 Å². The van der Waals surface area contributed by atoms with Crippen molar-refractivity contribution in [2.24, 2.45) is 0 Å². The third-order valence-electron chi connectivity index (χ3n) is 2.89. The zero-order valence-electron chi connectivity index (χ0n) is 11.0. The number of anilines is 2. The molecule has 0 unspecified atom stereocenters. The number of nitrogens with zero attached hydrogens (tertiary/aromatic N) is 1. The van der Waals surface area contributed by atoms with E-state index in [9.17, 15) is 8.42 Å². The summed E-state index contributed by atoms with van der Waals surface area (Å²) in [4.78, 5) is 4.23. The van der Waals surface area contributed by atoms with Crippen molar-refractivity contribution in [2.45, 2.75) is 18.7 Å². The third kappa shape index (κ3) is 2.94. The lowest BCUT2D eigenvalue weighted by Gasteiger charge is -2.12. The van der Waals surface area contributed by atoms with E-state index < -0.39 is 10.0 Å². The van der Waals surface area contributed by atoms with E-state index in [0.29, 0.717) is 17.1 Å². The highest BCUT2D eigenvalue weighted by Gasteiger charge is 2.19. The summed E-state index contributed by atoms with van der Waals surface area (Å²) in [6, 6.07) is 6.58. The molecule has 0 amide bonds. The van der Waals surface area contributed by atoms with Gasteiger partial charge in [0, 0.05) is 16.4 Å². The molecule has 2 aromatic rings. The zero-order chi connectivity index (χ0) is 14.9. The number of aryl methyl sites for hydroxylation is 1. The van der Waals surface area contributed by atoms with Crippen molar-refractivity contribution in [1.29, 1.82) is 0 Å². The minimum atomic E-state index is -3.71. The number of hydrogen-bond donors (Lipinski definition) is 2. The van der Waals surface area contributed by atoms with E-state index >= 15 is 0 Å². The molecule has 0 aliphatic carbocycles. The van der Waals surface area contributed by atoms with Gasteiger partial charge in [-0.15, -0.1) is 0 Å². The number of nitrogen functional groups attached to an aromatic ring is 1. The van der Waals surface area contributed by atoms with Crippen LogP contribution in [0, 0.1) is 13.8 Å². The predicted octanol–water partition coefficient (Wildman–Crippen LogP) is 2.84. The Morgan fingerprint density at radius 1 is 1.30 bits per heavy atom. The maximum absolute atomic E-state index is 12.4. The number of halogens is 1. The highest BCUT2D eigenvalue weighted by Crippen LogP contribution is 2.24. The molecule has 106 valence electrons. The monoisotopic (exact) mass is 355 g/mol. The van der Waals surface area contributed by atoms with E-state index in [2.05, 4.69) is 25.6 Å². The van der Waals surface area contributed by atoms with Crippen molar-refractivity contribution in [2.75, 3.05) is 10.5 Å². The summed E-state index contributed by atoms with van der Waals surface area (Å²) in [5.41, 5.74) is 7.43. The van der Waals surface area contributed by atoms with Gasteiger partial charge in [0.2, 0.25) is 0 Å². The van der Waals surface area contributed by atoms with Crippen LogP contribution in [0.25, 0.3) is 0 Å². The number of sulfonamides is 1. The van der Waals surface area contributed by atoms with Crippen LogP contribution >= 0.6 is 15.9 Å². The molecule has 7 heteroatoms. The van der Waals surface area contributed by atoms with E-state index in [4.69, 9.17) is 5.73 Å². The zero-order valence-corrected chi connectivity index (χ0v) is 13.4. The molecule has 0 bridgehead atoms. The van der Waals surface area contributed by atoms with Gasteiger partial charge in [0.25, 0.3) is 10.0 Å². The van der Waals surface area contributed by atoms with Crippen molar-refractivity contribution >= 4 is 37.5 Å². The Morgan fingerprint density at radius 3 is 2.65 bits per heavy atom. The van der Waals surface area contributed by atoms with Gasteiger partial charge in [-0.05, 0) is 59.1 Å². The first-order chi connectivity index (χ1) is 9.31. The van der Waals surface area contributed by atoms with Crippen LogP contribution in [-0.2, 0) is 10.0 Å². The summed E-state index contributed by atoms with van der Waals surface area (Å²) in [6.07, 6.45) is 1.54. The van der Waals surface area contributed by atoms with E-state index in [1.165, 1.54) is 12.3 Å². The Hall–Kier alpha value is -1.60. The van der Waals surface area contributed by atoms with Crippen LogP contribution in [0.3, 0.4) is 0 Å². The Morgan fingerprint density at radius 2 is 2.00 bits per heavy atom. The molecule has 0 aliphatic rings. The first kappa shape index (κ1) is 14.8. The van der Waals surface area contributed by atoms with Crippen molar-refractivity contribution in [3.63, 3.8) is 0 Å². The number of nitrogens with one attached hydrogen (secondary N) is 1. The van der Waals surface area contributed by atoms with Gasteiger partial charge < -0.3 is 5.73 Å². The average molecular weight is 356 g/mol. The number of nitrogens with two attached hydrogens (primary N) is 1. The van der Waals surface area contributed by atoms with Crippen LogP contribution < -0.4 is 10.5 Å². The van der Waals surface area contributed by atoms with Crippen LogP contribution in [0.5, 0.6) is 0 Å². The summed E-state index contributed by atoms with van der Waals surface area (Å²) in [5.74, 6) is 0.301. The standard InChI is InChI=1S/C13H14BrN3O2S/c1-8-6-10(14)7-16-13(8)17-20(18,19)12-5-3-4-11(15)9(12)2/h3-7H,15H2,1-2H3,(H,16,17). The Bertz CT molecular complexity index is 760. The summed E-state index contributed by atoms with van der Waals surface area (Å²) >= 11 is 3.29. The lowest BCUT2D eigenvalue weighted by Crippen LogP contribution is -2.16. The largest absolute Gasteiger partial charge is 0.398 e. The molecule has 3 N–H and O–H groups in total. The summed E-state index contributed by atoms with van der Waals surface area (Å²) < 4.78 is 28.1. The lowest BCUT2D eigenvalue weighted by molar-refractivity contribution is 0.600. The first-order valence-electron chi connectivity index (χ1n) is 5.81. The smallest absolute Gasteiger partial charge is 0.263 e. The average Bonchev–Trinajstić information content (AvgIpc) is 2.36. The number of aromatic nitrogens is 1. The Balaban J connectivity index is 2.44. The molecule has 2 rings (SSSR count). The molecular weight excluding hydrogens is 342 g/mol. The third-order valence-corrected chi connectivity index (χ3v) is 4.81. The van der Waals surface area contributed by atoms with E-state index in [0.717, 1.165) is 10.0 Å². The minimum absolute atomic E-state index is 0.154. The fraction of sp³-hybridized carbons (Fsp3) is 0.154. The number of benzene rings is 1. The minimum Gasteiger partial charge on any atom is -0.398 e. The van der Waals surface area contributed by atoms with Gasteiger partial charge in [-0.25, -0.2) is 13.4 Å². The van der Waals surface area contributed by atoms with Crippen molar-refractivity contribution in [3.05, 3.63) is 46.1 Å². The van der Waals surface area contributed by atoms with Crippen molar-refractivity contribution < 1.29 is 8.42 Å². The van der Waals surface area contributed by atoms with Crippen molar-refractivity contribution in [1.82, 2.24) is 4.98 Å². The molecule has 5 nitrogen and oxygen atoms in total. The predicted molar refractivity (Wildman–Crippen MR) is 83.1 cm³/mol. The second-order valence-corrected chi connectivity index (χ2v) is 6.96. The fourth-order valence-corrected chi connectivity index (χ4v) is 3.55. The summed E-state index contributed by atoms with van der Waals surface area (Å²) in [7, 11) is -3.71. The summed E-state index contributed by atoms with van der Waals surface area (Å²) in [5, 5.41) is 0. The highest BCUT2D eigenvalue weighted by molar-refractivity contribution is 9.10. The van der Waals surface area contributed by atoms with Gasteiger partial charge in [0.05, 0.1) is 4.90 Å².